The molecule has 1 unspecified atom stereocenters. The van der Waals surface area contributed by atoms with Gasteiger partial charge in [0.15, 0.2) is 0 Å². The number of benzene rings is 1. The SMILES string of the molecule is Cl.Cl.Nc1ccc(C(=O)NC2CCN(C3CC(=O)NC3=O)CC2)c(O)c1. The van der Waals surface area contributed by atoms with Crippen molar-refractivity contribution in [1.29, 1.82) is 0 Å². The number of halogens is 2. The zero-order valence-electron chi connectivity index (χ0n) is 13.9. The van der Waals surface area contributed by atoms with Gasteiger partial charge in [0.25, 0.3) is 5.91 Å². The maximum atomic E-state index is 12.2. The van der Waals surface area contributed by atoms with E-state index in [4.69, 9.17) is 5.73 Å². The van der Waals surface area contributed by atoms with E-state index in [1.54, 1.807) is 6.07 Å². The second-order valence-electron chi connectivity index (χ2n) is 6.19. The fourth-order valence-electron chi connectivity index (χ4n) is 3.19. The van der Waals surface area contributed by atoms with E-state index in [-0.39, 0.29) is 66.3 Å². The summed E-state index contributed by atoms with van der Waals surface area (Å²) in [6, 6.07) is 3.96. The van der Waals surface area contributed by atoms with Crippen molar-refractivity contribution in [1.82, 2.24) is 15.5 Å². The first-order valence-corrected chi connectivity index (χ1v) is 7.91. The van der Waals surface area contributed by atoms with Crippen molar-refractivity contribution < 1.29 is 19.5 Å². The third-order valence-corrected chi connectivity index (χ3v) is 4.52. The van der Waals surface area contributed by atoms with Crippen molar-refractivity contribution in [2.75, 3.05) is 18.8 Å². The number of amides is 3. The monoisotopic (exact) mass is 404 g/mol. The lowest BCUT2D eigenvalue weighted by Crippen LogP contribution is -2.49. The maximum absolute atomic E-state index is 12.2. The number of imide groups is 1. The molecule has 26 heavy (non-hydrogen) atoms. The van der Waals surface area contributed by atoms with Gasteiger partial charge in [0.1, 0.15) is 5.75 Å². The number of rotatable bonds is 3. The van der Waals surface area contributed by atoms with Gasteiger partial charge in [0.05, 0.1) is 18.0 Å². The Hall–Kier alpha value is -2.03. The maximum Gasteiger partial charge on any atom is 0.255 e. The first-order chi connectivity index (χ1) is 11.4. The molecule has 0 spiro atoms. The normalized spacial score (nSPS) is 20.7. The van der Waals surface area contributed by atoms with Crippen LogP contribution in [0.25, 0.3) is 0 Å². The number of nitrogens with one attached hydrogen (secondary N) is 2. The minimum atomic E-state index is -0.393. The van der Waals surface area contributed by atoms with Crippen molar-refractivity contribution in [2.45, 2.75) is 31.3 Å². The van der Waals surface area contributed by atoms with E-state index in [2.05, 4.69) is 10.6 Å². The Kier molecular flexibility index (Phi) is 7.68. The molecule has 3 rings (SSSR count). The highest BCUT2D eigenvalue weighted by Gasteiger charge is 2.37. The molecule has 144 valence electrons. The number of phenolic OH excluding ortho intramolecular Hbond substituents is 1. The van der Waals surface area contributed by atoms with E-state index < -0.39 is 6.04 Å². The Bertz CT molecular complexity index is 693. The molecule has 2 saturated heterocycles. The summed E-state index contributed by atoms with van der Waals surface area (Å²) in [5, 5.41) is 15.0. The zero-order valence-corrected chi connectivity index (χ0v) is 15.6. The summed E-state index contributed by atoms with van der Waals surface area (Å²) in [4.78, 5) is 37.2. The molecule has 0 aliphatic carbocycles. The summed E-state index contributed by atoms with van der Waals surface area (Å²) in [6.07, 6.45) is 1.56. The summed E-state index contributed by atoms with van der Waals surface area (Å²) in [7, 11) is 0. The number of nitrogens with two attached hydrogens (primary N) is 1. The third-order valence-electron chi connectivity index (χ3n) is 4.52. The summed E-state index contributed by atoms with van der Waals surface area (Å²) in [5.41, 5.74) is 6.13. The van der Waals surface area contributed by atoms with Gasteiger partial charge in [-0.15, -0.1) is 24.8 Å². The zero-order chi connectivity index (χ0) is 17.3. The number of anilines is 1. The summed E-state index contributed by atoms with van der Waals surface area (Å²) in [5.74, 6) is -0.973. The van der Waals surface area contributed by atoms with E-state index >= 15 is 0 Å². The second-order valence-corrected chi connectivity index (χ2v) is 6.19. The van der Waals surface area contributed by atoms with Crippen LogP contribution in [0.5, 0.6) is 5.75 Å². The molecule has 0 bridgehead atoms. The van der Waals surface area contributed by atoms with Gasteiger partial charge in [0, 0.05) is 30.9 Å². The predicted octanol–water partition coefficient (Wildman–Crippen LogP) is 0.427. The largest absolute Gasteiger partial charge is 0.507 e. The highest BCUT2D eigenvalue weighted by Crippen LogP contribution is 2.22. The molecule has 0 radical (unpaired) electrons. The molecule has 10 heteroatoms. The fraction of sp³-hybridized carbons (Fsp3) is 0.438. The van der Waals surface area contributed by atoms with Crippen LogP contribution in [0.4, 0.5) is 5.69 Å². The van der Waals surface area contributed by atoms with Gasteiger partial charge < -0.3 is 16.2 Å². The molecule has 1 atom stereocenters. The van der Waals surface area contributed by atoms with Crippen LogP contribution >= 0.6 is 24.8 Å². The number of hydrogen-bond acceptors (Lipinski definition) is 6. The summed E-state index contributed by atoms with van der Waals surface area (Å²) >= 11 is 0. The van der Waals surface area contributed by atoms with Crippen LogP contribution in [0.3, 0.4) is 0 Å². The Morgan fingerprint density at radius 3 is 2.42 bits per heavy atom. The van der Waals surface area contributed by atoms with Crippen LogP contribution in [0, 0.1) is 0 Å². The lowest BCUT2D eigenvalue weighted by atomic mass is 10.0. The Morgan fingerprint density at radius 2 is 1.88 bits per heavy atom. The molecule has 2 aliphatic heterocycles. The number of carbonyl (C=O) groups excluding carboxylic acids is 3. The number of aromatic hydroxyl groups is 1. The quantitative estimate of drug-likeness (QED) is 0.427. The van der Waals surface area contributed by atoms with Crippen molar-refractivity contribution in [3.05, 3.63) is 23.8 Å². The molecule has 1 aromatic carbocycles. The minimum Gasteiger partial charge on any atom is -0.507 e. The smallest absolute Gasteiger partial charge is 0.255 e. The van der Waals surface area contributed by atoms with Gasteiger partial charge in [-0.2, -0.15) is 0 Å². The summed E-state index contributed by atoms with van der Waals surface area (Å²) < 4.78 is 0. The Morgan fingerprint density at radius 1 is 1.23 bits per heavy atom. The van der Waals surface area contributed by atoms with E-state index in [9.17, 15) is 19.5 Å². The fourth-order valence-corrected chi connectivity index (χ4v) is 3.19. The number of carbonyl (C=O) groups is 3. The van der Waals surface area contributed by atoms with E-state index in [1.165, 1.54) is 12.1 Å². The molecule has 0 saturated carbocycles. The number of nitrogen functional groups attached to an aromatic ring is 1. The highest BCUT2D eigenvalue weighted by atomic mass is 35.5. The molecule has 3 amide bonds. The van der Waals surface area contributed by atoms with Gasteiger partial charge >= 0.3 is 0 Å². The summed E-state index contributed by atoms with van der Waals surface area (Å²) in [6.45, 7) is 1.26. The third kappa shape index (κ3) is 4.78. The molecule has 5 N–H and O–H groups in total. The van der Waals surface area contributed by atoms with Crippen molar-refractivity contribution >= 4 is 48.2 Å². The molecule has 8 nitrogen and oxygen atoms in total. The predicted molar refractivity (Wildman–Crippen MR) is 101 cm³/mol. The van der Waals surface area contributed by atoms with Gasteiger partial charge in [-0.05, 0) is 25.0 Å². The average molecular weight is 405 g/mol. The van der Waals surface area contributed by atoms with Gasteiger partial charge in [-0.3, -0.25) is 24.6 Å². The van der Waals surface area contributed by atoms with Crippen LogP contribution in [-0.4, -0.2) is 52.9 Å². The number of nitrogens with zero attached hydrogens (tertiary/aromatic N) is 1. The van der Waals surface area contributed by atoms with Gasteiger partial charge in [-0.25, -0.2) is 0 Å². The van der Waals surface area contributed by atoms with E-state index in [0.717, 1.165) is 0 Å². The van der Waals surface area contributed by atoms with Crippen molar-refractivity contribution in [3.63, 3.8) is 0 Å². The molecule has 2 aliphatic rings. The molecule has 1 aromatic rings. The number of phenols is 1. The molecular formula is C16H22Cl2N4O4. The number of piperidine rings is 1. The molecule has 2 fully saturated rings. The van der Waals surface area contributed by atoms with Gasteiger partial charge in [-0.1, -0.05) is 0 Å². The van der Waals surface area contributed by atoms with Crippen LogP contribution in [0.2, 0.25) is 0 Å². The Labute approximate surface area is 163 Å². The number of hydrogen-bond donors (Lipinski definition) is 4. The first kappa shape index (κ1) is 22.0. The molecular weight excluding hydrogens is 383 g/mol. The van der Waals surface area contributed by atoms with Crippen molar-refractivity contribution in [2.24, 2.45) is 0 Å². The van der Waals surface area contributed by atoms with Gasteiger partial charge in [0.2, 0.25) is 11.8 Å². The second kappa shape index (κ2) is 9.07. The Balaban J connectivity index is 0.00000169. The van der Waals surface area contributed by atoms with E-state index in [1.807, 2.05) is 4.90 Å². The van der Waals surface area contributed by atoms with E-state index in [0.29, 0.717) is 31.6 Å². The number of likely N-dealkylation sites (tertiary alicyclic amines) is 1. The van der Waals surface area contributed by atoms with Crippen molar-refractivity contribution in [3.8, 4) is 5.75 Å². The molecule has 2 heterocycles. The lowest BCUT2D eigenvalue weighted by molar-refractivity contribution is -0.126. The van der Waals surface area contributed by atoms with Crippen LogP contribution < -0.4 is 16.4 Å². The topological polar surface area (TPSA) is 125 Å². The molecule has 0 aromatic heterocycles. The first-order valence-electron chi connectivity index (χ1n) is 7.91. The van der Waals surface area contributed by atoms with Crippen LogP contribution in [0.15, 0.2) is 18.2 Å². The lowest BCUT2D eigenvalue weighted by Gasteiger charge is -2.34. The standard InChI is InChI=1S/C16H20N4O4.2ClH/c17-9-1-2-11(13(21)7-9)15(23)18-10-3-5-20(6-4-10)12-8-14(22)19-16(12)24;;/h1-2,7,10,12,21H,3-6,8,17H2,(H,18,23)(H,19,22,24);2*1H. The highest BCUT2D eigenvalue weighted by molar-refractivity contribution is 6.05. The average Bonchev–Trinajstić information content (AvgIpc) is 2.86. The van der Waals surface area contributed by atoms with Crippen LogP contribution in [-0.2, 0) is 9.59 Å². The van der Waals surface area contributed by atoms with Crippen LogP contribution in [0.1, 0.15) is 29.6 Å². The minimum absolute atomic E-state index is 0.